The zero-order chi connectivity index (χ0) is 15.9. The third-order valence-corrected chi connectivity index (χ3v) is 3.39. The predicted molar refractivity (Wildman–Crippen MR) is 70.0 cm³/mol. The Balaban J connectivity index is 2.58. The zero-order valence-corrected chi connectivity index (χ0v) is 11.8. The molecule has 1 aliphatic rings. The number of nitrogens with zero attached hydrogens (tertiary/aromatic N) is 1. The molecule has 0 radical (unpaired) electrons. The first-order valence-electron chi connectivity index (χ1n) is 6.52. The summed E-state index contributed by atoms with van der Waals surface area (Å²) in [6.07, 6.45) is 0. The van der Waals surface area contributed by atoms with Gasteiger partial charge in [-0.05, 0) is 12.8 Å². The molecular weight excluding hydrogens is 285 g/mol. The van der Waals surface area contributed by atoms with Crippen LogP contribution in [-0.4, -0.2) is 23.9 Å². The van der Waals surface area contributed by atoms with Gasteiger partial charge in [0, 0.05) is 12.1 Å². The van der Waals surface area contributed by atoms with Crippen molar-refractivity contribution in [1.29, 1.82) is 0 Å². The second kappa shape index (κ2) is 5.38. The minimum Gasteiger partial charge on any atom is -0.343 e. The molecule has 7 heteroatoms. The van der Waals surface area contributed by atoms with Crippen LogP contribution in [0.25, 0.3) is 0 Å². The van der Waals surface area contributed by atoms with Gasteiger partial charge in [-0.1, -0.05) is 13.8 Å². The summed E-state index contributed by atoms with van der Waals surface area (Å²) in [5.41, 5.74) is -0.431. The summed E-state index contributed by atoms with van der Waals surface area (Å²) in [6, 6.07) is -0.872. The van der Waals surface area contributed by atoms with E-state index in [1.165, 1.54) is 6.92 Å². The molecule has 1 aromatic carbocycles. The van der Waals surface area contributed by atoms with Gasteiger partial charge in [0.15, 0.2) is 11.6 Å². The SMILES string of the molecule is CC1NC(=O)C(C(C)C)N(c2cc(F)c(F)cc2F)C1=O. The van der Waals surface area contributed by atoms with Crippen molar-refractivity contribution in [3.05, 3.63) is 29.6 Å². The zero-order valence-electron chi connectivity index (χ0n) is 11.8. The Morgan fingerprint density at radius 1 is 1.10 bits per heavy atom. The molecule has 1 heterocycles. The highest BCUT2D eigenvalue weighted by atomic mass is 19.2. The minimum atomic E-state index is -1.35. The van der Waals surface area contributed by atoms with E-state index in [0.717, 1.165) is 4.90 Å². The maximum Gasteiger partial charge on any atom is 0.250 e. The third kappa shape index (κ3) is 2.59. The predicted octanol–water partition coefficient (Wildman–Crippen LogP) is 1.98. The molecule has 1 N–H and O–H groups in total. The van der Waals surface area contributed by atoms with Crippen LogP contribution in [0.3, 0.4) is 0 Å². The summed E-state index contributed by atoms with van der Waals surface area (Å²) < 4.78 is 40.4. The highest BCUT2D eigenvalue weighted by Gasteiger charge is 2.42. The Labute approximate surface area is 119 Å². The number of carbonyl (C=O) groups is 2. The van der Waals surface area contributed by atoms with Crippen LogP contribution in [0.4, 0.5) is 18.9 Å². The van der Waals surface area contributed by atoms with E-state index in [1.54, 1.807) is 13.8 Å². The number of halogens is 3. The van der Waals surface area contributed by atoms with E-state index in [-0.39, 0.29) is 5.92 Å². The van der Waals surface area contributed by atoms with E-state index in [0.29, 0.717) is 12.1 Å². The van der Waals surface area contributed by atoms with Crippen LogP contribution in [0, 0.1) is 23.4 Å². The van der Waals surface area contributed by atoms with E-state index >= 15 is 0 Å². The number of piperazine rings is 1. The van der Waals surface area contributed by atoms with Gasteiger partial charge in [-0.15, -0.1) is 0 Å². The van der Waals surface area contributed by atoms with Crippen molar-refractivity contribution in [2.75, 3.05) is 4.90 Å². The molecule has 0 bridgehead atoms. The maximum absolute atomic E-state index is 13.9. The van der Waals surface area contributed by atoms with E-state index in [4.69, 9.17) is 0 Å². The summed E-state index contributed by atoms with van der Waals surface area (Å²) in [7, 11) is 0. The molecule has 1 aliphatic heterocycles. The lowest BCUT2D eigenvalue weighted by molar-refractivity contribution is -0.134. The molecule has 2 unspecified atom stereocenters. The summed E-state index contributed by atoms with van der Waals surface area (Å²) in [5, 5.41) is 2.49. The average molecular weight is 300 g/mol. The lowest BCUT2D eigenvalue weighted by atomic mass is 9.96. The molecule has 1 aromatic rings. The van der Waals surface area contributed by atoms with Crippen LogP contribution in [0.15, 0.2) is 12.1 Å². The van der Waals surface area contributed by atoms with Crippen LogP contribution < -0.4 is 10.2 Å². The van der Waals surface area contributed by atoms with Crippen LogP contribution in [0.5, 0.6) is 0 Å². The molecule has 4 nitrogen and oxygen atoms in total. The van der Waals surface area contributed by atoms with Crippen molar-refractivity contribution in [2.24, 2.45) is 5.92 Å². The quantitative estimate of drug-likeness (QED) is 0.849. The normalized spacial score (nSPS) is 22.7. The van der Waals surface area contributed by atoms with Crippen LogP contribution in [0.2, 0.25) is 0 Å². The summed E-state index contributed by atoms with van der Waals surface area (Å²) in [6.45, 7) is 4.80. The molecule has 1 fully saturated rings. The van der Waals surface area contributed by atoms with Crippen LogP contribution in [0.1, 0.15) is 20.8 Å². The van der Waals surface area contributed by atoms with E-state index in [2.05, 4.69) is 5.32 Å². The number of hydrogen-bond acceptors (Lipinski definition) is 2. The van der Waals surface area contributed by atoms with Gasteiger partial charge in [-0.25, -0.2) is 13.2 Å². The number of rotatable bonds is 2. The fourth-order valence-electron chi connectivity index (χ4n) is 2.39. The molecule has 2 rings (SSSR count). The molecule has 1 saturated heterocycles. The van der Waals surface area contributed by atoms with Gasteiger partial charge in [0.2, 0.25) is 11.8 Å². The van der Waals surface area contributed by atoms with Gasteiger partial charge in [0.05, 0.1) is 5.69 Å². The number of carbonyl (C=O) groups excluding carboxylic acids is 2. The van der Waals surface area contributed by atoms with Crippen molar-refractivity contribution in [2.45, 2.75) is 32.9 Å². The van der Waals surface area contributed by atoms with Crippen molar-refractivity contribution < 1.29 is 22.8 Å². The molecule has 2 amide bonds. The highest BCUT2D eigenvalue weighted by Crippen LogP contribution is 2.29. The Morgan fingerprint density at radius 2 is 1.67 bits per heavy atom. The van der Waals surface area contributed by atoms with E-state index in [9.17, 15) is 22.8 Å². The van der Waals surface area contributed by atoms with Crippen molar-refractivity contribution in [3.63, 3.8) is 0 Å². The molecule has 0 aromatic heterocycles. The topological polar surface area (TPSA) is 49.4 Å². The van der Waals surface area contributed by atoms with Crippen LogP contribution in [-0.2, 0) is 9.59 Å². The molecule has 0 spiro atoms. The second-order valence-corrected chi connectivity index (χ2v) is 5.35. The van der Waals surface area contributed by atoms with E-state index < -0.39 is 47.0 Å². The first kappa shape index (κ1) is 15.3. The van der Waals surface area contributed by atoms with Gasteiger partial charge >= 0.3 is 0 Å². The average Bonchev–Trinajstić information content (AvgIpc) is 2.37. The monoisotopic (exact) mass is 300 g/mol. The van der Waals surface area contributed by atoms with Gasteiger partial charge in [0.25, 0.3) is 0 Å². The Hall–Kier alpha value is -2.05. The minimum absolute atomic E-state index is 0.325. The fraction of sp³-hybridized carbons (Fsp3) is 0.429. The van der Waals surface area contributed by atoms with Gasteiger partial charge in [-0.3, -0.25) is 14.5 Å². The number of amides is 2. The van der Waals surface area contributed by atoms with Crippen molar-refractivity contribution in [3.8, 4) is 0 Å². The molecule has 2 atom stereocenters. The Morgan fingerprint density at radius 3 is 2.24 bits per heavy atom. The lowest BCUT2D eigenvalue weighted by Crippen LogP contribution is -2.64. The first-order chi connectivity index (χ1) is 9.73. The standard InChI is InChI=1S/C14H15F3N2O2/c1-6(2)12-13(20)18-7(3)14(21)19(12)11-5-9(16)8(15)4-10(11)17/h4-7,12H,1-3H3,(H,18,20). The van der Waals surface area contributed by atoms with Gasteiger partial charge in [-0.2, -0.15) is 0 Å². The summed E-state index contributed by atoms with van der Waals surface area (Å²) in [4.78, 5) is 25.2. The molecule has 0 saturated carbocycles. The van der Waals surface area contributed by atoms with E-state index in [1.807, 2.05) is 0 Å². The summed E-state index contributed by atoms with van der Waals surface area (Å²) in [5.74, 6) is -5.07. The number of hydrogen-bond donors (Lipinski definition) is 1. The Kier molecular flexibility index (Phi) is 3.93. The first-order valence-corrected chi connectivity index (χ1v) is 6.52. The van der Waals surface area contributed by atoms with Gasteiger partial charge in [0.1, 0.15) is 17.9 Å². The molecular formula is C14H15F3N2O2. The number of benzene rings is 1. The molecule has 114 valence electrons. The van der Waals surface area contributed by atoms with Crippen molar-refractivity contribution in [1.82, 2.24) is 5.32 Å². The fourth-order valence-corrected chi connectivity index (χ4v) is 2.39. The highest BCUT2D eigenvalue weighted by molar-refractivity contribution is 6.08. The van der Waals surface area contributed by atoms with Crippen LogP contribution >= 0.6 is 0 Å². The van der Waals surface area contributed by atoms with Gasteiger partial charge < -0.3 is 5.32 Å². The largest absolute Gasteiger partial charge is 0.343 e. The smallest absolute Gasteiger partial charge is 0.250 e. The van der Waals surface area contributed by atoms with Crippen molar-refractivity contribution >= 4 is 17.5 Å². The lowest BCUT2D eigenvalue weighted by Gasteiger charge is -2.39. The summed E-state index contributed by atoms with van der Waals surface area (Å²) >= 11 is 0. The molecule has 21 heavy (non-hydrogen) atoms. The number of nitrogens with one attached hydrogen (secondary N) is 1. The Bertz CT molecular complexity index is 604. The second-order valence-electron chi connectivity index (χ2n) is 5.35. The molecule has 0 aliphatic carbocycles. The number of anilines is 1. The third-order valence-electron chi connectivity index (χ3n) is 3.39. The maximum atomic E-state index is 13.9.